The fourth-order valence-corrected chi connectivity index (χ4v) is 2.37. The van der Waals surface area contributed by atoms with Crippen LogP contribution in [0.5, 0.6) is 5.75 Å². The van der Waals surface area contributed by atoms with Crippen molar-refractivity contribution in [3.05, 3.63) is 62.9 Å². The van der Waals surface area contributed by atoms with E-state index in [1.807, 2.05) is 0 Å². The van der Waals surface area contributed by atoms with Crippen LogP contribution in [0.25, 0.3) is 22.3 Å². The monoisotopic (exact) mass is 311 g/mol. The third kappa shape index (κ3) is 2.52. The van der Waals surface area contributed by atoms with Crippen molar-refractivity contribution in [3.63, 3.8) is 0 Å². The van der Waals surface area contributed by atoms with Gasteiger partial charge in [0, 0.05) is 24.7 Å². The van der Waals surface area contributed by atoms with Gasteiger partial charge in [0.25, 0.3) is 11.2 Å². The summed E-state index contributed by atoms with van der Waals surface area (Å²) in [6, 6.07) is 11.2. The molecule has 0 N–H and O–H groups in total. The van der Waals surface area contributed by atoms with Gasteiger partial charge in [0.1, 0.15) is 11.4 Å². The molecule has 0 unspecified atom stereocenters. The van der Waals surface area contributed by atoms with Gasteiger partial charge in [-0.05, 0) is 30.3 Å². The van der Waals surface area contributed by atoms with Crippen LogP contribution in [0.2, 0.25) is 0 Å². The average molecular weight is 311 g/mol. The number of hydrogen-bond acceptors (Lipinski definition) is 5. The largest absolute Gasteiger partial charge is 0.497 e. The first kappa shape index (κ1) is 14.7. The molecule has 7 heteroatoms. The average Bonchev–Trinajstić information content (AvgIpc) is 2.57. The van der Waals surface area contributed by atoms with Crippen LogP contribution in [0.3, 0.4) is 0 Å². The topological polar surface area (TPSA) is 87.3 Å². The van der Waals surface area contributed by atoms with Crippen LogP contribution in [-0.2, 0) is 7.05 Å². The Morgan fingerprint density at radius 3 is 2.48 bits per heavy atom. The Morgan fingerprint density at radius 1 is 1.17 bits per heavy atom. The molecule has 1 aromatic heterocycles. The number of benzene rings is 2. The molecule has 0 bridgehead atoms. The predicted octanol–water partition coefficient (Wildman–Crippen LogP) is 2.52. The Labute approximate surface area is 130 Å². The first-order chi connectivity index (χ1) is 11.0. The van der Waals surface area contributed by atoms with Crippen molar-refractivity contribution in [3.8, 4) is 17.0 Å². The van der Waals surface area contributed by atoms with Crippen LogP contribution < -0.4 is 10.3 Å². The lowest BCUT2D eigenvalue weighted by Crippen LogP contribution is -2.20. The predicted molar refractivity (Wildman–Crippen MR) is 85.6 cm³/mol. The molecule has 2 aromatic carbocycles. The molecule has 0 radical (unpaired) electrons. The van der Waals surface area contributed by atoms with Gasteiger partial charge in [-0.3, -0.25) is 14.9 Å². The molecule has 23 heavy (non-hydrogen) atoms. The van der Waals surface area contributed by atoms with Gasteiger partial charge in [0.15, 0.2) is 0 Å². The van der Waals surface area contributed by atoms with E-state index in [0.717, 1.165) is 0 Å². The molecule has 0 aliphatic heterocycles. The number of methoxy groups -OCH3 is 1. The molecule has 0 fully saturated rings. The van der Waals surface area contributed by atoms with E-state index in [2.05, 4.69) is 4.98 Å². The van der Waals surface area contributed by atoms with E-state index in [1.165, 1.54) is 22.8 Å². The number of rotatable bonds is 3. The highest BCUT2D eigenvalue weighted by molar-refractivity contribution is 5.80. The molecule has 0 atom stereocenters. The second-order valence-electron chi connectivity index (χ2n) is 4.98. The van der Waals surface area contributed by atoms with Crippen molar-refractivity contribution < 1.29 is 9.66 Å². The van der Waals surface area contributed by atoms with Gasteiger partial charge in [-0.2, -0.15) is 0 Å². The molecule has 3 aromatic rings. The molecule has 116 valence electrons. The standard InChI is InChI=1S/C16H13N3O4/c1-18-14-8-5-11(19(21)22)9-13(14)17-15(16(18)20)10-3-6-12(23-2)7-4-10/h3-9H,1-2H3. The molecule has 3 rings (SSSR count). The van der Waals surface area contributed by atoms with Crippen LogP contribution in [0.15, 0.2) is 47.3 Å². The summed E-state index contributed by atoms with van der Waals surface area (Å²) >= 11 is 0. The minimum Gasteiger partial charge on any atom is -0.497 e. The third-order valence-corrected chi connectivity index (χ3v) is 3.63. The summed E-state index contributed by atoms with van der Waals surface area (Å²) in [6.45, 7) is 0. The van der Waals surface area contributed by atoms with Crippen molar-refractivity contribution in [2.24, 2.45) is 7.05 Å². The van der Waals surface area contributed by atoms with Crippen LogP contribution in [0.4, 0.5) is 5.69 Å². The van der Waals surface area contributed by atoms with Gasteiger partial charge in [0.05, 0.1) is 23.1 Å². The van der Waals surface area contributed by atoms with Gasteiger partial charge < -0.3 is 9.30 Å². The lowest BCUT2D eigenvalue weighted by Gasteiger charge is -2.08. The second kappa shape index (κ2) is 5.53. The van der Waals surface area contributed by atoms with E-state index in [-0.39, 0.29) is 16.9 Å². The summed E-state index contributed by atoms with van der Waals surface area (Å²) in [7, 11) is 3.17. The normalized spacial score (nSPS) is 10.7. The Morgan fingerprint density at radius 2 is 1.87 bits per heavy atom. The zero-order chi connectivity index (χ0) is 16.6. The minimum atomic E-state index is -0.487. The Hall–Kier alpha value is -3.22. The Bertz CT molecular complexity index is 961. The van der Waals surface area contributed by atoms with E-state index in [9.17, 15) is 14.9 Å². The number of aromatic nitrogens is 2. The number of nitrogens with zero attached hydrogens (tertiary/aromatic N) is 3. The van der Waals surface area contributed by atoms with Crippen molar-refractivity contribution >= 4 is 16.7 Å². The molecule has 0 saturated carbocycles. The summed E-state index contributed by atoms with van der Waals surface area (Å²) in [6.07, 6.45) is 0. The molecule has 0 aliphatic rings. The Balaban J connectivity index is 2.25. The fourth-order valence-electron chi connectivity index (χ4n) is 2.37. The Kier molecular flexibility index (Phi) is 3.53. The highest BCUT2D eigenvalue weighted by Crippen LogP contribution is 2.22. The number of hydrogen-bond donors (Lipinski definition) is 0. The van der Waals surface area contributed by atoms with Crippen LogP contribution >= 0.6 is 0 Å². The highest BCUT2D eigenvalue weighted by Gasteiger charge is 2.14. The van der Waals surface area contributed by atoms with Crippen LogP contribution in [0.1, 0.15) is 0 Å². The molecular weight excluding hydrogens is 298 g/mol. The fraction of sp³-hybridized carbons (Fsp3) is 0.125. The number of ether oxygens (including phenoxy) is 1. The van der Waals surface area contributed by atoms with Crippen molar-refractivity contribution in [2.45, 2.75) is 0 Å². The smallest absolute Gasteiger partial charge is 0.277 e. The molecule has 0 spiro atoms. The number of fused-ring (bicyclic) bond motifs is 1. The first-order valence-electron chi connectivity index (χ1n) is 6.81. The zero-order valence-corrected chi connectivity index (χ0v) is 12.5. The van der Waals surface area contributed by atoms with Crippen molar-refractivity contribution in [2.75, 3.05) is 7.11 Å². The van der Waals surface area contributed by atoms with Gasteiger partial charge in [-0.25, -0.2) is 4.98 Å². The lowest BCUT2D eigenvalue weighted by molar-refractivity contribution is -0.384. The number of non-ortho nitro benzene ring substituents is 1. The van der Waals surface area contributed by atoms with E-state index in [1.54, 1.807) is 38.4 Å². The van der Waals surface area contributed by atoms with Crippen LogP contribution in [0, 0.1) is 10.1 Å². The summed E-state index contributed by atoms with van der Waals surface area (Å²) in [5.74, 6) is 0.669. The van der Waals surface area contributed by atoms with Gasteiger partial charge >= 0.3 is 0 Å². The summed E-state index contributed by atoms with van der Waals surface area (Å²) in [5.41, 5.74) is 1.47. The van der Waals surface area contributed by atoms with Crippen LogP contribution in [-0.4, -0.2) is 21.6 Å². The molecule has 0 aliphatic carbocycles. The first-order valence-corrected chi connectivity index (χ1v) is 6.81. The summed E-state index contributed by atoms with van der Waals surface area (Å²) < 4.78 is 6.53. The maximum absolute atomic E-state index is 12.5. The van der Waals surface area contributed by atoms with Gasteiger partial charge in [-0.1, -0.05) is 0 Å². The number of aryl methyl sites for hydroxylation is 1. The van der Waals surface area contributed by atoms with E-state index >= 15 is 0 Å². The third-order valence-electron chi connectivity index (χ3n) is 3.63. The zero-order valence-electron chi connectivity index (χ0n) is 12.5. The van der Waals surface area contributed by atoms with Gasteiger partial charge in [-0.15, -0.1) is 0 Å². The number of nitro groups is 1. The summed E-state index contributed by atoms with van der Waals surface area (Å²) in [5, 5.41) is 10.9. The highest BCUT2D eigenvalue weighted by atomic mass is 16.6. The van der Waals surface area contributed by atoms with Crippen molar-refractivity contribution in [1.29, 1.82) is 0 Å². The molecule has 1 heterocycles. The molecular formula is C16H13N3O4. The van der Waals surface area contributed by atoms with E-state index in [4.69, 9.17) is 4.74 Å². The number of nitro benzene ring substituents is 1. The molecule has 7 nitrogen and oxygen atoms in total. The van der Waals surface area contributed by atoms with E-state index in [0.29, 0.717) is 22.3 Å². The maximum Gasteiger partial charge on any atom is 0.277 e. The summed E-state index contributed by atoms with van der Waals surface area (Å²) in [4.78, 5) is 27.2. The van der Waals surface area contributed by atoms with E-state index < -0.39 is 4.92 Å². The SMILES string of the molecule is COc1ccc(-c2nc3cc([N+](=O)[O-])ccc3n(C)c2=O)cc1. The molecule has 0 saturated heterocycles. The minimum absolute atomic E-state index is 0.0654. The lowest BCUT2D eigenvalue weighted by atomic mass is 10.1. The maximum atomic E-state index is 12.5. The van der Waals surface area contributed by atoms with Gasteiger partial charge in [0.2, 0.25) is 0 Å². The van der Waals surface area contributed by atoms with Crippen molar-refractivity contribution in [1.82, 2.24) is 9.55 Å². The second-order valence-corrected chi connectivity index (χ2v) is 4.98. The quantitative estimate of drug-likeness (QED) is 0.548. The molecule has 0 amide bonds.